The van der Waals surface area contributed by atoms with Crippen molar-refractivity contribution in [2.45, 2.75) is 71.3 Å². The first kappa shape index (κ1) is 25.0. The summed E-state index contributed by atoms with van der Waals surface area (Å²) in [5.41, 5.74) is 3.49. The molecule has 0 saturated carbocycles. The standard InChI is InChI=1S/C26H36N2O2S/c1-5-21(4)27-26(30)24(6-2)28(18-22-14-12-20(3)13-15-22)25(29)16-17-31-19-23-10-8-7-9-11-23/h7-15,21,24H,5-6,16-19H2,1-4H3,(H,27,30)/t21-,24+/m1/s1. The molecule has 1 N–H and O–H groups in total. The van der Waals surface area contributed by atoms with Gasteiger partial charge in [0.2, 0.25) is 11.8 Å². The van der Waals surface area contributed by atoms with Gasteiger partial charge in [0.15, 0.2) is 0 Å². The lowest BCUT2D eigenvalue weighted by Gasteiger charge is -2.31. The second-order valence-electron chi connectivity index (χ2n) is 8.04. The highest BCUT2D eigenvalue weighted by Crippen LogP contribution is 2.18. The first-order valence-corrected chi connectivity index (χ1v) is 12.4. The summed E-state index contributed by atoms with van der Waals surface area (Å²) in [5.74, 6) is 1.60. The number of nitrogens with one attached hydrogen (secondary N) is 1. The van der Waals surface area contributed by atoms with Gasteiger partial charge in [0.25, 0.3) is 0 Å². The fourth-order valence-corrected chi connectivity index (χ4v) is 4.21. The maximum atomic E-state index is 13.2. The maximum absolute atomic E-state index is 13.2. The Morgan fingerprint density at radius 3 is 2.26 bits per heavy atom. The van der Waals surface area contributed by atoms with Crippen molar-refractivity contribution in [2.24, 2.45) is 0 Å². The first-order chi connectivity index (χ1) is 14.9. The Morgan fingerprint density at radius 1 is 0.968 bits per heavy atom. The van der Waals surface area contributed by atoms with E-state index in [-0.39, 0.29) is 17.9 Å². The Bertz CT molecular complexity index is 808. The molecular formula is C26H36N2O2S. The lowest BCUT2D eigenvalue weighted by atomic mass is 10.1. The van der Waals surface area contributed by atoms with E-state index in [1.54, 1.807) is 16.7 Å². The lowest BCUT2D eigenvalue weighted by Crippen LogP contribution is -2.50. The highest BCUT2D eigenvalue weighted by atomic mass is 32.2. The van der Waals surface area contributed by atoms with Crippen LogP contribution < -0.4 is 5.32 Å². The molecule has 0 saturated heterocycles. The molecule has 0 aliphatic carbocycles. The van der Waals surface area contributed by atoms with Crippen molar-refractivity contribution in [3.8, 4) is 0 Å². The Morgan fingerprint density at radius 2 is 1.65 bits per heavy atom. The van der Waals surface area contributed by atoms with Crippen LogP contribution in [0.25, 0.3) is 0 Å². The second kappa shape index (κ2) is 13.2. The third-order valence-electron chi connectivity index (χ3n) is 5.43. The van der Waals surface area contributed by atoms with E-state index in [9.17, 15) is 9.59 Å². The largest absolute Gasteiger partial charge is 0.352 e. The highest BCUT2D eigenvalue weighted by Gasteiger charge is 2.28. The van der Waals surface area contributed by atoms with Gasteiger partial charge in [0, 0.05) is 30.5 Å². The van der Waals surface area contributed by atoms with Gasteiger partial charge in [0.05, 0.1) is 0 Å². The maximum Gasteiger partial charge on any atom is 0.243 e. The molecule has 2 aromatic rings. The van der Waals surface area contributed by atoms with Crippen LogP contribution >= 0.6 is 11.8 Å². The molecule has 0 heterocycles. The van der Waals surface area contributed by atoms with Crippen molar-refractivity contribution in [3.05, 3.63) is 71.3 Å². The van der Waals surface area contributed by atoms with E-state index in [0.29, 0.717) is 19.4 Å². The molecular weight excluding hydrogens is 404 g/mol. The summed E-state index contributed by atoms with van der Waals surface area (Å²) in [4.78, 5) is 27.9. The molecule has 2 amide bonds. The Hall–Kier alpha value is -2.27. The van der Waals surface area contributed by atoms with E-state index < -0.39 is 6.04 Å². The van der Waals surface area contributed by atoms with Crippen molar-refractivity contribution < 1.29 is 9.59 Å². The Labute approximate surface area is 191 Å². The molecule has 2 aromatic carbocycles. The van der Waals surface area contributed by atoms with Gasteiger partial charge in [-0.15, -0.1) is 0 Å². The van der Waals surface area contributed by atoms with E-state index in [1.165, 1.54) is 11.1 Å². The van der Waals surface area contributed by atoms with Gasteiger partial charge in [-0.05, 0) is 37.8 Å². The monoisotopic (exact) mass is 440 g/mol. The van der Waals surface area contributed by atoms with E-state index in [2.05, 4.69) is 17.4 Å². The number of hydrogen-bond donors (Lipinski definition) is 1. The average molecular weight is 441 g/mol. The van der Waals surface area contributed by atoms with Crippen molar-refractivity contribution in [1.82, 2.24) is 10.2 Å². The SMILES string of the molecule is CC[C@@H](C)NC(=O)[C@H](CC)N(Cc1ccc(C)cc1)C(=O)CCSCc1ccccc1. The first-order valence-electron chi connectivity index (χ1n) is 11.2. The van der Waals surface area contributed by atoms with Crippen LogP contribution in [0.1, 0.15) is 56.7 Å². The Balaban J connectivity index is 2.06. The number of thioether (sulfide) groups is 1. The minimum absolute atomic E-state index is 0.0345. The second-order valence-corrected chi connectivity index (χ2v) is 9.14. The van der Waals surface area contributed by atoms with Crippen LogP contribution in [-0.2, 0) is 21.9 Å². The van der Waals surface area contributed by atoms with Gasteiger partial charge in [-0.1, -0.05) is 74.0 Å². The summed E-state index contributed by atoms with van der Waals surface area (Å²) in [6.45, 7) is 8.52. The molecule has 0 spiro atoms. The van der Waals surface area contributed by atoms with Gasteiger partial charge in [-0.25, -0.2) is 0 Å². The summed E-state index contributed by atoms with van der Waals surface area (Å²) in [7, 11) is 0. The topological polar surface area (TPSA) is 49.4 Å². The molecule has 0 aromatic heterocycles. The minimum Gasteiger partial charge on any atom is -0.352 e. The Kier molecular flexibility index (Phi) is 10.6. The number of amides is 2. The van der Waals surface area contributed by atoms with Crippen LogP contribution in [0.4, 0.5) is 0 Å². The molecule has 0 aliphatic rings. The number of aryl methyl sites for hydroxylation is 1. The van der Waals surface area contributed by atoms with E-state index in [0.717, 1.165) is 23.5 Å². The zero-order valence-electron chi connectivity index (χ0n) is 19.3. The molecule has 2 rings (SSSR count). The molecule has 31 heavy (non-hydrogen) atoms. The molecule has 168 valence electrons. The number of benzene rings is 2. The van der Waals surface area contributed by atoms with Crippen LogP contribution in [0, 0.1) is 6.92 Å². The van der Waals surface area contributed by atoms with E-state index in [4.69, 9.17) is 0 Å². The fraction of sp³-hybridized carbons (Fsp3) is 0.462. The van der Waals surface area contributed by atoms with E-state index in [1.807, 2.05) is 70.2 Å². The van der Waals surface area contributed by atoms with Crippen LogP contribution in [0.15, 0.2) is 54.6 Å². The third kappa shape index (κ3) is 8.41. The van der Waals surface area contributed by atoms with Crippen LogP contribution in [0.2, 0.25) is 0 Å². The summed E-state index contributed by atoms with van der Waals surface area (Å²) in [6, 6.07) is 18.1. The van der Waals surface area contributed by atoms with Crippen molar-refractivity contribution >= 4 is 23.6 Å². The predicted octanol–water partition coefficient (Wildman–Crippen LogP) is 5.34. The number of rotatable bonds is 12. The van der Waals surface area contributed by atoms with Crippen LogP contribution in [0.5, 0.6) is 0 Å². The van der Waals surface area contributed by atoms with Crippen molar-refractivity contribution in [3.63, 3.8) is 0 Å². The summed E-state index contributed by atoms with van der Waals surface area (Å²) in [6.07, 6.45) is 1.89. The highest BCUT2D eigenvalue weighted by molar-refractivity contribution is 7.98. The average Bonchev–Trinajstić information content (AvgIpc) is 2.78. The number of hydrogen-bond acceptors (Lipinski definition) is 3. The zero-order chi connectivity index (χ0) is 22.6. The number of carbonyl (C=O) groups excluding carboxylic acids is 2. The van der Waals surface area contributed by atoms with Gasteiger partial charge < -0.3 is 10.2 Å². The fourth-order valence-electron chi connectivity index (χ4n) is 3.32. The van der Waals surface area contributed by atoms with Crippen molar-refractivity contribution in [1.29, 1.82) is 0 Å². The zero-order valence-corrected chi connectivity index (χ0v) is 20.1. The molecule has 0 radical (unpaired) electrons. The van der Waals surface area contributed by atoms with Crippen LogP contribution in [-0.4, -0.2) is 34.6 Å². The third-order valence-corrected chi connectivity index (χ3v) is 6.46. The van der Waals surface area contributed by atoms with Crippen LogP contribution in [0.3, 0.4) is 0 Å². The number of nitrogens with zero attached hydrogens (tertiary/aromatic N) is 1. The molecule has 0 aliphatic heterocycles. The van der Waals surface area contributed by atoms with Gasteiger partial charge in [-0.3, -0.25) is 9.59 Å². The molecule has 0 bridgehead atoms. The lowest BCUT2D eigenvalue weighted by molar-refractivity contribution is -0.141. The summed E-state index contributed by atoms with van der Waals surface area (Å²) >= 11 is 1.75. The van der Waals surface area contributed by atoms with Gasteiger partial charge >= 0.3 is 0 Å². The quantitative estimate of drug-likeness (QED) is 0.453. The molecule has 0 unspecified atom stereocenters. The van der Waals surface area contributed by atoms with E-state index >= 15 is 0 Å². The van der Waals surface area contributed by atoms with Crippen molar-refractivity contribution in [2.75, 3.05) is 5.75 Å². The van der Waals surface area contributed by atoms with Gasteiger partial charge in [-0.2, -0.15) is 11.8 Å². The van der Waals surface area contributed by atoms with Gasteiger partial charge in [0.1, 0.15) is 6.04 Å². The normalized spacial score (nSPS) is 12.8. The predicted molar refractivity (Wildman–Crippen MR) is 131 cm³/mol. The molecule has 5 heteroatoms. The molecule has 2 atom stereocenters. The molecule has 0 fully saturated rings. The summed E-state index contributed by atoms with van der Waals surface area (Å²) in [5, 5.41) is 3.06. The number of carbonyl (C=O) groups is 2. The molecule has 4 nitrogen and oxygen atoms in total. The summed E-state index contributed by atoms with van der Waals surface area (Å²) < 4.78 is 0. The smallest absolute Gasteiger partial charge is 0.243 e. The minimum atomic E-state index is -0.457.